The fourth-order valence-corrected chi connectivity index (χ4v) is 4.22. The third kappa shape index (κ3) is 6.88. The molecule has 0 bridgehead atoms. The molecule has 0 spiro atoms. The van der Waals surface area contributed by atoms with E-state index in [1.54, 1.807) is 20.0 Å². The number of H-pyrrole nitrogens is 1. The van der Waals surface area contributed by atoms with Crippen LogP contribution in [0.1, 0.15) is 46.6 Å². The first-order valence-electron chi connectivity index (χ1n) is 9.78. The van der Waals surface area contributed by atoms with Crippen LogP contribution in [0.5, 0.6) is 0 Å². The number of aromatic nitrogens is 1. The quantitative estimate of drug-likeness (QED) is 0.609. The predicted molar refractivity (Wildman–Crippen MR) is 115 cm³/mol. The topological polar surface area (TPSA) is 108 Å². The summed E-state index contributed by atoms with van der Waals surface area (Å²) in [4.78, 5) is 28.1. The fraction of sp³-hybridized carbons (Fsp3) is 0.524. The lowest BCUT2D eigenvalue weighted by molar-refractivity contribution is -0.129. The molecule has 3 N–H and O–H groups in total. The molecule has 1 aromatic heterocycles. The third-order valence-corrected chi connectivity index (χ3v) is 5.89. The van der Waals surface area contributed by atoms with Crippen LogP contribution < -0.4 is 10.0 Å². The number of carbonyl (C=O) groups excluding carboxylic acids is 2. The number of hydrogen-bond donors (Lipinski definition) is 3. The maximum atomic E-state index is 12.8. The molecule has 0 saturated carbocycles. The summed E-state index contributed by atoms with van der Waals surface area (Å²) in [5.74, 6) is -1.51. The zero-order valence-electron chi connectivity index (χ0n) is 17.7. The Morgan fingerprint density at radius 2 is 1.76 bits per heavy atom. The number of sulfonamides is 1. The highest BCUT2D eigenvalue weighted by molar-refractivity contribution is 7.90. The minimum Gasteiger partial charge on any atom is -0.361 e. The standard InChI is InChI=1S/C21H31N3O4S/c1-14(2)19(25)23-18(12-15-13-22-17-9-7-6-8-16(15)17)20(26)24-29(27,28)11-10-21(3,4)5/h6-9,13-14,18,22H,10-12H2,1-5H3,(H,23,25)(H,24,26). The molecule has 0 aliphatic rings. The molecule has 1 unspecified atom stereocenters. The molecule has 2 amide bonds. The number of amides is 2. The molecule has 1 atom stereocenters. The highest BCUT2D eigenvalue weighted by Crippen LogP contribution is 2.20. The Kier molecular flexibility index (Phi) is 7.11. The summed E-state index contributed by atoms with van der Waals surface area (Å²) in [6, 6.07) is 6.62. The van der Waals surface area contributed by atoms with E-state index in [0.717, 1.165) is 16.5 Å². The Labute approximate surface area is 172 Å². The molecule has 1 aromatic carbocycles. The third-order valence-electron chi connectivity index (χ3n) is 4.63. The van der Waals surface area contributed by atoms with Crippen LogP contribution in [0.25, 0.3) is 10.9 Å². The summed E-state index contributed by atoms with van der Waals surface area (Å²) in [6.07, 6.45) is 2.38. The van der Waals surface area contributed by atoms with E-state index in [4.69, 9.17) is 0 Å². The predicted octanol–water partition coefficient (Wildman–Crippen LogP) is 2.73. The van der Waals surface area contributed by atoms with Crippen molar-refractivity contribution >= 4 is 32.7 Å². The number of fused-ring (bicyclic) bond motifs is 1. The van der Waals surface area contributed by atoms with E-state index >= 15 is 0 Å². The van der Waals surface area contributed by atoms with Gasteiger partial charge in [-0.05, 0) is 23.5 Å². The van der Waals surface area contributed by atoms with Gasteiger partial charge in [-0.3, -0.25) is 14.3 Å². The molecule has 7 nitrogen and oxygen atoms in total. The number of para-hydroxylation sites is 1. The fourth-order valence-electron chi connectivity index (χ4n) is 2.78. The Balaban J connectivity index is 2.20. The number of carbonyl (C=O) groups is 2. The Morgan fingerprint density at radius 3 is 2.38 bits per heavy atom. The first-order chi connectivity index (χ1) is 13.4. The van der Waals surface area contributed by atoms with Gasteiger partial charge in [0.1, 0.15) is 6.04 Å². The van der Waals surface area contributed by atoms with Crippen molar-refractivity contribution in [1.82, 2.24) is 15.0 Å². The lowest BCUT2D eigenvalue weighted by Gasteiger charge is -2.21. The van der Waals surface area contributed by atoms with Gasteiger partial charge in [-0.15, -0.1) is 0 Å². The van der Waals surface area contributed by atoms with Gasteiger partial charge in [-0.2, -0.15) is 0 Å². The number of hydrogen-bond acceptors (Lipinski definition) is 4. The summed E-state index contributed by atoms with van der Waals surface area (Å²) in [6.45, 7) is 9.25. The maximum absolute atomic E-state index is 12.8. The Morgan fingerprint density at radius 1 is 1.10 bits per heavy atom. The van der Waals surface area contributed by atoms with Crippen molar-refractivity contribution in [1.29, 1.82) is 0 Å². The SMILES string of the molecule is CC(C)C(=O)NC(Cc1c[nH]c2ccccc12)C(=O)NS(=O)(=O)CCC(C)(C)C. The van der Waals surface area contributed by atoms with E-state index in [0.29, 0.717) is 6.42 Å². The van der Waals surface area contributed by atoms with Crippen LogP contribution >= 0.6 is 0 Å². The van der Waals surface area contributed by atoms with Crippen LogP contribution in [-0.2, 0) is 26.0 Å². The maximum Gasteiger partial charge on any atom is 0.256 e. The lowest BCUT2D eigenvalue weighted by atomic mass is 9.94. The van der Waals surface area contributed by atoms with Gasteiger partial charge in [0.05, 0.1) is 5.75 Å². The molecule has 160 valence electrons. The minimum absolute atomic E-state index is 0.153. The first-order valence-corrected chi connectivity index (χ1v) is 11.4. The van der Waals surface area contributed by atoms with Gasteiger partial charge in [0, 0.05) is 29.4 Å². The summed E-state index contributed by atoms with van der Waals surface area (Å²) in [5.41, 5.74) is 1.57. The number of benzene rings is 1. The highest BCUT2D eigenvalue weighted by atomic mass is 32.2. The average molecular weight is 422 g/mol. The molecular weight excluding hydrogens is 390 g/mol. The monoisotopic (exact) mass is 421 g/mol. The molecule has 8 heteroatoms. The molecule has 29 heavy (non-hydrogen) atoms. The molecule has 1 heterocycles. The summed E-state index contributed by atoms with van der Waals surface area (Å²) in [5, 5.41) is 3.62. The van der Waals surface area contributed by atoms with Crippen molar-refractivity contribution in [3.05, 3.63) is 36.0 Å². The molecule has 0 fully saturated rings. The highest BCUT2D eigenvalue weighted by Gasteiger charge is 2.27. The van der Waals surface area contributed by atoms with E-state index in [9.17, 15) is 18.0 Å². The van der Waals surface area contributed by atoms with Gasteiger partial charge in [0.25, 0.3) is 5.91 Å². The second kappa shape index (κ2) is 8.98. The van der Waals surface area contributed by atoms with Crippen LogP contribution in [0, 0.1) is 11.3 Å². The zero-order chi connectivity index (χ0) is 21.8. The summed E-state index contributed by atoms with van der Waals surface area (Å²) in [7, 11) is -3.80. The normalized spacial score (nSPS) is 13.4. The molecule has 2 rings (SSSR count). The van der Waals surface area contributed by atoms with Crippen molar-refractivity contribution < 1.29 is 18.0 Å². The van der Waals surface area contributed by atoms with Gasteiger partial charge in [-0.1, -0.05) is 52.8 Å². The summed E-state index contributed by atoms with van der Waals surface area (Å²) < 4.78 is 26.9. The molecule has 2 aromatic rings. The van der Waals surface area contributed by atoms with E-state index in [-0.39, 0.29) is 29.4 Å². The van der Waals surface area contributed by atoms with Crippen molar-refractivity contribution in [2.24, 2.45) is 11.3 Å². The molecule has 0 radical (unpaired) electrons. The van der Waals surface area contributed by atoms with Crippen molar-refractivity contribution in [2.45, 2.75) is 53.5 Å². The second-order valence-electron chi connectivity index (χ2n) is 8.88. The van der Waals surface area contributed by atoms with E-state index in [1.807, 2.05) is 45.0 Å². The number of rotatable bonds is 8. The van der Waals surface area contributed by atoms with Crippen LogP contribution in [0.15, 0.2) is 30.5 Å². The number of aromatic amines is 1. The Hall–Kier alpha value is -2.35. The van der Waals surface area contributed by atoms with Gasteiger partial charge in [0.15, 0.2) is 0 Å². The van der Waals surface area contributed by atoms with Crippen molar-refractivity contribution in [2.75, 3.05) is 5.75 Å². The second-order valence-corrected chi connectivity index (χ2v) is 10.7. The number of nitrogens with one attached hydrogen (secondary N) is 3. The van der Waals surface area contributed by atoms with Crippen molar-refractivity contribution in [3.63, 3.8) is 0 Å². The Bertz CT molecular complexity index is 971. The van der Waals surface area contributed by atoms with Gasteiger partial charge in [-0.25, -0.2) is 8.42 Å². The first kappa shape index (κ1) is 22.9. The van der Waals surface area contributed by atoms with E-state index < -0.39 is 22.0 Å². The van der Waals surface area contributed by atoms with Gasteiger partial charge >= 0.3 is 0 Å². The van der Waals surface area contributed by atoms with Crippen LogP contribution in [0.4, 0.5) is 0 Å². The lowest BCUT2D eigenvalue weighted by Crippen LogP contribution is -2.51. The largest absolute Gasteiger partial charge is 0.361 e. The molecular formula is C21H31N3O4S. The van der Waals surface area contributed by atoms with Gasteiger partial charge < -0.3 is 10.3 Å². The minimum atomic E-state index is -3.80. The smallest absolute Gasteiger partial charge is 0.256 e. The molecule has 0 aliphatic carbocycles. The van der Waals surface area contributed by atoms with Gasteiger partial charge in [0.2, 0.25) is 15.9 Å². The van der Waals surface area contributed by atoms with Crippen molar-refractivity contribution in [3.8, 4) is 0 Å². The van der Waals surface area contributed by atoms with E-state index in [1.165, 1.54) is 0 Å². The average Bonchev–Trinajstić information content (AvgIpc) is 3.01. The zero-order valence-corrected chi connectivity index (χ0v) is 18.5. The molecule has 0 aliphatic heterocycles. The van der Waals surface area contributed by atoms with Crippen LogP contribution in [0.3, 0.4) is 0 Å². The van der Waals surface area contributed by atoms with E-state index in [2.05, 4.69) is 15.0 Å². The van der Waals surface area contributed by atoms with Crippen LogP contribution in [0.2, 0.25) is 0 Å². The summed E-state index contributed by atoms with van der Waals surface area (Å²) >= 11 is 0. The molecule has 0 saturated heterocycles. The van der Waals surface area contributed by atoms with Crippen LogP contribution in [-0.4, -0.2) is 37.0 Å².